The van der Waals surface area contributed by atoms with Gasteiger partial charge in [-0.2, -0.15) is 0 Å². The summed E-state index contributed by atoms with van der Waals surface area (Å²) in [5.41, 5.74) is 1.03. The Morgan fingerprint density at radius 1 is 0.938 bits per heavy atom. The number of halogens is 1. The minimum Gasteiger partial charge on any atom is -0.456 e. The molecule has 0 aliphatic rings. The molecule has 0 spiro atoms. The van der Waals surface area contributed by atoms with Gasteiger partial charge < -0.3 is 4.42 Å². The Bertz CT molecular complexity index is 744. The van der Waals surface area contributed by atoms with Gasteiger partial charge in [0.25, 0.3) is 0 Å². The molecule has 1 aromatic heterocycles. The maximum Gasteiger partial charge on any atom is 0.202 e. The number of rotatable bonds is 0. The molecule has 0 saturated carbocycles. The predicted octanol–water partition coefficient (Wildman–Crippen LogP) is 3.60. The lowest BCUT2D eigenvalue weighted by atomic mass is 10.1. The van der Waals surface area contributed by atoms with Crippen LogP contribution >= 0.6 is 11.6 Å². The van der Waals surface area contributed by atoms with Crippen molar-refractivity contribution in [1.82, 2.24) is 0 Å². The number of benzene rings is 2. The SMILES string of the molecule is O=c1c2ccccc2oc2cccc(Cl)c12. The molecule has 0 atom stereocenters. The van der Waals surface area contributed by atoms with E-state index in [9.17, 15) is 4.79 Å². The Morgan fingerprint density at radius 2 is 1.69 bits per heavy atom. The summed E-state index contributed by atoms with van der Waals surface area (Å²) < 4.78 is 5.62. The van der Waals surface area contributed by atoms with Crippen LogP contribution in [-0.4, -0.2) is 0 Å². The number of hydrogen-bond acceptors (Lipinski definition) is 2. The molecule has 2 aromatic carbocycles. The lowest BCUT2D eigenvalue weighted by molar-refractivity contribution is 0.660. The van der Waals surface area contributed by atoms with E-state index in [0.717, 1.165) is 0 Å². The normalized spacial score (nSPS) is 11.1. The van der Waals surface area contributed by atoms with Gasteiger partial charge in [0.15, 0.2) is 0 Å². The maximum atomic E-state index is 12.2. The van der Waals surface area contributed by atoms with Gasteiger partial charge in [-0.15, -0.1) is 0 Å². The Morgan fingerprint density at radius 3 is 2.56 bits per heavy atom. The van der Waals surface area contributed by atoms with Crippen LogP contribution in [0.3, 0.4) is 0 Å². The van der Waals surface area contributed by atoms with Gasteiger partial charge in [-0.1, -0.05) is 29.8 Å². The molecule has 0 fully saturated rings. The minimum atomic E-state index is -0.0811. The average Bonchev–Trinajstić information content (AvgIpc) is 2.29. The van der Waals surface area contributed by atoms with E-state index in [2.05, 4.69) is 0 Å². The summed E-state index contributed by atoms with van der Waals surface area (Å²) in [4.78, 5) is 12.2. The van der Waals surface area contributed by atoms with E-state index >= 15 is 0 Å². The van der Waals surface area contributed by atoms with E-state index in [4.69, 9.17) is 16.0 Å². The number of para-hydroxylation sites is 1. The van der Waals surface area contributed by atoms with Crippen molar-refractivity contribution in [2.75, 3.05) is 0 Å². The molecule has 0 amide bonds. The van der Waals surface area contributed by atoms with E-state index in [1.165, 1.54) is 0 Å². The smallest absolute Gasteiger partial charge is 0.202 e. The largest absolute Gasteiger partial charge is 0.456 e. The third-order valence-electron chi connectivity index (χ3n) is 2.55. The van der Waals surface area contributed by atoms with Gasteiger partial charge in [-0.05, 0) is 24.3 Å². The minimum absolute atomic E-state index is 0.0811. The molecular weight excluding hydrogens is 224 g/mol. The Balaban J connectivity index is 2.67. The van der Waals surface area contributed by atoms with Crippen molar-refractivity contribution in [2.24, 2.45) is 0 Å². The number of hydrogen-bond donors (Lipinski definition) is 0. The topological polar surface area (TPSA) is 30.2 Å². The van der Waals surface area contributed by atoms with Gasteiger partial charge in [0, 0.05) is 0 Å². The molecule has 0 N–H and O–H groups in total. The van der Waals surface area contributed by atoms with E-state index in [1.54, 1.807) is 30.3 Å². The predicted molar refractivity (Wildman–Crippen MR) is 65.0 cm³/mol. The summed E-state index contributed by atoms with van der Waals surface area (Å²) in [5, 5.41) is 1.43. The summed E-state index contributed by atoms with van der Waals surface area (Å²) in [7, 11) is 0. The first-order valence-electron chi connectivity index (χ1n) is 4.87. The van der Waals surface area contributed by atoms with Crippen LogP contribution in [0.1, 0.15) is 0 Å². The monoisotopic (exact) mass is 230 g/mol. The van der Waals surface area contributed by atoms with E-state index < -0.39 is 0 Å². The molecule has 3 heteroatoms. The molecule has 0 saturated heterocycles. The standard InChI is InChI=1S/C13H7ClO2/c14-9-5-3-7-11-12(9)13(15)8-4-1-2-6-10(8)16-11/h1-7H. The van der Waals surface area contributed by atoms with Gasteiger partial charge in [0.05, 0.1) is 15.8 Å². The summed E-state index contributed by atoms with van der Waals surface area (Å²) in [6.07, 6.45) is 0. The highest BCUT2D eigenvalue weighted by molar-refractivity contribution is 6.35. The van der Waals surface area contributed by atoms with Gasteiger partial charge >= 0.3 is 0 Å². The highest BCUT2D eigenvalue weighted by Gasteiger charge is 2.09. The van der Waals surface area contributed by atoms with Gasteiger partial charge in [0.1, 0.15) is 11.2 Å². The fourth-order valence-corrected chi connectivity index (χ4v) is 2.06. The fourth-order valence-electron chi connectivity index (χ4n) is 1.81. The third-order valence-corrected chi connectivity index (χ3v) is 2.87. The van der Waals surface area contributed by atoms with Gasteiger partial charge in [0.2, 0.25) is 5.43 Å². The van der Waals surface area contributed by atoms with Crippen molar-refractivity contribution in [2.45, 2.75) is 0 Å². The van der Waals surface area contributed by atoms with Crippen molar-refractivity contribution >= 4 is 33.5 Å². The molecule has 3 aromatic rings. The van der Waals surface area contributed by atoms with Crippen molar-refractivity contribution in [1.29, 1.82) is 0 Å². The molecule has 0 radical (unpaired) electrons. The molecule has 0 aliphatic heterocycles. The second kappa shape index (κ2) is 3.35. The van der Waals surface area contributed by atoms with Crippen LogP contribution in [-0.2, 0) is 0 Å². The third kappa shape index (κ3) is 1.24. The Hall–Kier alpha value is -1.80. The second-order valence-corrected chi connectivity index (χ2v) is 3.95. The quantitative estimate of drug-likeness (QED) is 0.553. The zero-order chi connectivity index (χ0) is 11.1. The van der Waals surface area contributed by atoms with Crippen LogP contribution in [0.5, 0.6) is 0 Å². The summed E-state index contributed by atoms with van der Waals surface area (Å²) >= 11 is 6.00. The van der Waals surface area contributed by atoms with Crippen LogP contribution < -0.4 is 5.43 Å². The summed E-state index contributed by atoms with van der Waals surface area (Å²) in [6.45, 7) is 0. The van der Waals surface area contributed by atoms with Crippen molar-refractivity contribution in [3.63, 3.8) is 0 Å². The molecule has 0 unspecified atom stereocenters. The molecule has 3 rings (SSSR count). The zero-order valence-electron chi connectivity index (χ0n) is 8.24. The van der Waals surface area contributed by atoms with Crippen LogP contribution in [0.25, 0.3) is 21.9 Å². The fraction of sp³-hybridized carbons (Fsp3) is 0. The van der Waals surface area contributed by atoms with Crippen molar-refractivity contribution in [3.8, 4) is 0 Å². The lowest BCUT2D eigenvalue weighted by Gasteiger charge is -2.01. The Labute approximate surface area is 96.1 Å². The first kappa shape index (κ1) is 9.43. The number of fused-ring (bicyclic) bond motifs is 2. The highest BCUT2D eigenvalue weighted by atomic mass is 35.5. The molecule has 0 aliphatic carbocycles. The zero-order valence-corrected chi connectivity index (χ0v) is 8.99. The van der Waals surface area contributed by atoms with Gasteiger partial charge in [-0.25, -0.2) is 0 Å². The van der Waals surface area contributed by atoms with Crippen molar-refractivity contribution in [3.05, 3.63) is 57.7 Å². The lowest BCUT2D eigenvalue weighted by Crippen LogP contribution is -2.02. The summed E-state index contributed by atoms with van der Waals surface area (Å²) in [5.74, 6) is 0. The summed E-state index contributed by atoms with van der Waals surface area (Å²) in [6, 6.07) is 12.4. The molecule has 16 heavy (non-hydrogen) atoms. The van der Waals surface area contributed by atoms with Crippen LogP contribution in [0, 0.1) is 0 Å². The highest BCUT2D eigenvalue weighted by Crippen LogP contribution is 2.23. The first-order valence-corrected chi connectivity index (χ1v) is 5.25. The Kier molecular flexibility index (Phi) is 1.98. The molecule has 78 valence electrons. The molecule has 1 heterocycles. The van der Waals surface area contributed by atoms with Crippen molar-refractivity contribution < 1.29 is 4.42 Å². The molecule has 0 bridgehead atoms. The second-order valence-electron chi connectivity index (χ2n) is 3.54. The first-order chi connectivity index (χ1) is 7.77. The van der Waals surface area contributed by atoms with Crippen LogP contribution in [0.2, 0.25) is 5.02 Å². The van der Waals surface area contributed by atoms with E-state index in [1.807, 2.05) is 12.1 Å². The molecule has 2 nitrogen and oxygen atoms in total. The van der Waals surface area contributed by atoms with E-state index in [-0.39, 0.29) is 5.43 Å². The molecular formula is C13H7ClO2. The van der Waals surface area contributed by atoms with Crippen LogP contribution in [0.15, 0.2) is 51.7 Å². The van der Waals surface area contributed by atoms with Gasteiger partial charge in [-0.3, -0.25) is 4.79 Å². The maximum absolute atomic E-state index is 12.2. The van der Waals surface area contributed by atoms with Crippen LogP contribution in [0.4, 0.5) is 0 Å². The van der Waals surface area contributed by atoms with E-state index in [0.29, 0.717) is 27.0 Å². The average molecular weight is 231 g/mol.